The first-order chi connectivity index (χ1) is 11.7. The van der Waals surface area contributed by atoms with Crippen molar-refractivity contribution < 1.29 is 13.2 Å². The topological polar surface area (TPSA) is 90.9 Å². The number of hydrogen-bond acceptors (Lipinski definition) is 5. The highest BCUT2D eigenvalue weighted by molar-refractivity contribution is 7.90. The Labute approximate surface area is 154 Å². The SMILES string of the molecule is CC(CCS(C)(=O)=O)NC(=NCC(=O)N(C)C)NCCc1cccs1. The van der Waals surface area contributed by atoms with E-state index >= 15 is 0 Å². The molecule has 0 aliphatic carbocycles. The van der Waals surface area contributed by atoms with E-state index in [1.807, 2.05) is 18.4 Å². The maximum absolute atomic E-state index is 11.7. The number of guanidine groups is 1. The number of carbonyl (C=O) groups is 1. The highest BCUT2D eigenvalue weighted by atomic mass is 32.2. The molecule has 0 aliphatic heterocycles. The molecule has 0 spiro atoms. The van der Waals surface area contributed by atoms with Crippen LogP contribution in [0.3, 0.4) is 0 Å². The van der Waals surface area contributed by atoms with Crippen LogP contribution >= 0.6 is 11.3 Å². The van der Waals surface area contributed by atoms with Gasteiger partial charge in [-0.25, -0.2) is 13.4 Å². The van der Waals surface area contributed by atoms with Crippen LogP contribution in [0.2, 0.25) is 0 Å². The van der Waals surface area contributed by atoms with Crippen LogP contribution in [0.5, 0.6) is 0 Å². The second kappa shape index (κ2) is 10.4. The number of hydrogen-bond donors (Lipinski definition) is 2. The summed E-state index contributed by atoms with van der Waals surface area (Å²) in [7, 11) is 0.371. The van der Waals surface area contributed by atoms with Crippen LogP contribution in [0, 0.1) is 0 Å². The fourth-order valence-electron chi connectivity index (χ4n) is 1.90. The Balaban J connectivity index is 2.59. The molecule has 1 rings (SSSR count). The molecule has 25 heavy (non-hydrogen) atoms. The molecule has 0 fully saturated rings. The molecule has 1 aromatic heterocycles. The van der Waals surface area contributed by atoms with E-state index in [1.165, 1.54) is 16.0 Å². The van der Waals surface area contributed by atoms with Crippen LogP contribution in [0.25, 0.3) is 0 Å². The van der Waals surface area contributed by atoms with Gasteiger partial charge in [-0.2, -0.15) is 0 Å². The van der Waals surface area contributed by atoms with Gasteiger partial charge in [0, 0.05) is 37.8 Å². The number of aliphatic imine (C=N–C) groups is 1. The van der Waals surface area contributed by atoms with Crippen molar-refractivity contribution >= 4 is 33.0 Å². The maximum atomic E-state index is 11.7. The number of nitrogens with one attached hydrogen (secondary N) is 2. The monoisotopic (exact) mass is 388 g/mol. The van der Waals surface area contributed by atoms with E-state index in [0.717, 1.165) is 6.42 Å². The van der Waals surface area contributed by atoms with E-state index < -0.39 is 9.84 Å². The summed E-state index contributed by atoms with van der Waals surface area (Å²) < 4.78 is 22.6. The Morgan fingerprint density at radius 3 is 2.68 bits per heavy atom. The molecule has 142 valence electrons. The fraction of sp³-hybridized carbons (Fsp3) is 0.625. The molecule has 1 unspecified atom stereocenters. The van der Waals surface area contributed by atoms with Gasteiger partial charge in [0.25, 0.3) is 0 Å². The van der Waals surface area contributed by atoms with Gasteiger partial charge in [0.2, 0.25) is 5.91 Å². The zero-order valence-electron chi connectivity index (χ0n) is 15.3. The van der Waals surface area contributed by atoms with Crippen molar-refractivity contribution in [2.45, 2.75) is 25.8 Å². The van der Waals surface area contributed by atoms with Gasteiger partial charge >= 0.3 is 0 Å². The van der Waals surface area contributed by atoms with Crippen molar-refractivity contribution in [1.29, 1.82) is 0 Å². The van der Waals surface area contributed by atoms with Gasteiger partial charge in [-0.15, -0.1) is 11.3 Å². The van der Waals surface area contributed by atoms with Crippen LogP contribution in [-0.4, -0.2) is 70.4 Å². The summed E-state index contributed by atoms with van der Waals surface area (Å²) in [4.78, 5) is 18.8. The highest BCUT2D eigenvalue weighted by Crippen LogP contribution is 2.08. The molecular formula is C16H28N4O3S2. The second-order valence-electron chi connectivity index (χ2n) is 6.17. The number of thiophene rings is 1. The number of sulfone groups is 1. The Kier molecular flexibility index (Phi) is 8.91. The van der Waals surface area contributed by atoms with Gasteiger partial charge < -0.3 is 15.5 Å². The zero-order chi connectivity index (χ0) is 18.9. The molecule has 0 aromatic carbocycles. The average molecular weight is 389 g/mol. The summed E-state index contributed by atoms with van der Waals surface area (Å²) in [5.74, 6) is 0.538. The number of likely N-dealkylation sites (N-methyl/N-ethyl adjacent to an activating group) is 1. The Morgan fingerprint density at radius 2 is 2.12 bits per heavy atom. The van der Waals surface area contributed by atoms with Gasteiger partial charge in [-0.3, -0.25) is 4.79 Å². The van der Waals surface area contributed by atoms with Gasteiger partial charge in [0.15, 0.2) is 5.96 Å². The Morgan fingerprint density at radius 1 is 1.40 bits per heavy atom. The minimum atomic E-state index is -3.00. The molecule has 2 N–H and O–H groups in total. The standard InChI is InChI=1S/C16H28N4O3S2/c1-13(8-11-25(4,22)23)19-16(18-12-15(21)20(2)3)17-9-7-14-6-5-10-24-14/h5-6,10,13H,7-9,11-12H2,1-4H3,(H2,17,18,19). The number of amides is 1. The van der Waals surface area contributed by atoms with Crippen molar-refractivity contribution in [2.75, 3.05) is 39.2 Å². The minimum Gasteiger partial charge on any atom is -0.356 e. The number of rotatable bonds is 9. The molecule has 7 nitrogen and oxygen atoms in total. The van der Waals surface area contributed by atoms with E-state index in [4.69, 9.17) is 0 Å². The van der Waals surface area contributed by atoms with E-state index in [2.05, 4.69) is 21.7 Å². The van der Waals surface area contributed by atoms with Crippen LogP contribution in [-0.2, 0) is 21.1 Å². The lowest BCUT2D eigenvalue weighted by molar-refractivity contribution is -0.127. The summed E-state index contributed by atoms with van der Waals surface area (Å²) in [6.45, 7) is 2.62. The molecule has 0 aliphatic rings. The lowest BCUT2D eigenvalue weighted by Crippen LogP contribution is -2.44. The van der Waals surface area contributed by atoms with Gasteiger partial charge in [0.1, 0.15) is 16.4 Å². The van der Waals surface area contributed by atoms with Gasteiger partial charge in [0.05, 0.1) is 5.75 Å². The van der Waals surface area contributed by atoms with Crippen LogP contribution in [0.4, 0.5) is 0 Å². The molecule has 0 bridgehead atoms. The summed E-state index contributed by atoms with van der Waals surface area (Å²) in [6.07, 6.45) is 2.56. The third-order valence-corrected chi connectivity index (χ3v) is 5.33. The lowest BCUT2D eigenvalue weighted by Gasteiger charge is -2.18. The lowest BCUT2D eigenvalue weighted by atomic mass is 10.2. The maximum Gasteiger partial charge on any atom is 0.243 e. The van der Waals surface area contributed by atoms with Gasteiger partial charge in [-0.1, -0.05) is 6.07 Å². The molecule has 0 saturated heterocycles. The van der Waals surface area contributed by atoms with Crippen molar-refractivity contribution in [3.8, 4) is 0 Å². The summed E-state index contributed by atoms with van der Waals surface area (Å²) in [6, 6.07) is 4.01. The highest BCUT2D eigenvalue weighted by Gasteiger charge is 2.11. The molecule has 1 atom stereocenters. The molecule has 1 heterocycles. The predicted octanol–water partition coefficient (Wildman–Crippen LogP) is 0.737. The third kappa shape index (κ3) is 10.1. The first kappa shape index (κ1) is 21.4. The van der Waals surface area contributed by atoms with Crippen molar-refractivity contribution in [3.05, 3.63) is 22.4 Å². The molecule has 1 aromatic rings. The Bertz CT molecular complexity index is 655. The largest absolute Gasteiger partial charge is 0.356 e. The van der Waals surface area contributed by atoms with E-state index in [9.17, 15) is 13.2 Å². The zero-order valence-corrected chi connectivity index (χ0v) is 16.9. The predicted molar refractivity (Wildman–Crippen MR) is 104 cm³/mol. The van der Waals surface area contributed by atoms with Crippen LogP contribution in [0.1, 0.15) is 18.2 Å². The normalized spacial score (nSPS) is 13.4. The smallest absolute Gasteiger partial charge is 0.243 e. The summed E-state index contributed by atoms with van der Waals surface area (Å²) in [5, 5.41) is 8.41. The first-order valence-corrected chi connectivity index (χ1v) is 11.1. The fourth-order valence-corrected chi connectivity index (χ4v) is 3.39. The van der Waals surface area contributed by atoms with Crippen molar-refractivity contribution in [3.63, 3.8) is 0 Å². The van der Waals surface area contributed by atoms with Gasteiger partial charge in [-0.05, 0) is 31.2 Å². The molecular weight excluding hydrogens is 360 g/mol. The quantitative estimate of drug-likeness (QED) is 0.481. The third-order valence-electron chi connectivity index (χ3n) is 3.42. The molecule has 9 heteroatoms. The molecule has 0 saturated carbocycles. The summed E-state index contributed by atoms with van der Waals surface area (Å²) in [5.41, 5.74) is 0. The Hall–Kier alpha value is -1.61. The van der Waals surface area contributed by atoms with Crippen molar-refractivity contribution in [1.82, 2.24) is 15.5 Å². The second-order valence-corrected chi connectivity index (χ2v) is 9.47. The van der Waals surface area contributed by atoms with E-state index in [1.54, 1.807) is 25.4 Å². The minimum absolute atomic E-state index is 0.0418. The molecule has 0 radical (unpaired) electrons. The van der Waals surface area contributed by atoms with Crippen molar-refractivity contribution in [2.24, 2.45) is 4.99 Å². The first-order valence-electron chi connectivity index (χ1n) is 8.12. The summed E-state index contributed by atoms with van der Waals surface area (Å²) >= 11 is 1.69. The van der Waals surface area contributed by atoms with E-state index in [0.29, 0.717) is 18.9 Å². The van der Waals surface area contributed by atoms with E-state index in [-0.39, 0.29) is 24.2 Å². The average Bonchev–Trinajstić information content (AvgIpc) is 3.02. The van der Waals surface area contributed by atoms with Crippen LogP contribution < -0.4 is 10.6 Å². The number of nitrogens with zero attached hydrogens (tertiary/aromatic N) is 2. The number of carbonyl (C=O) groups excluding carboxylic acids is 1. The molecule has 1 amide bonds. The van der Waals surface area contributed by atoms with Crippen LogP contribution in [0.15, 0.2) is 22.5 Å².